The van der Waals surface area contributed by atoms with Crippen molar-refractivity contribution in [3.05, 3.63) is 35.6 Å². The van der Waals surface area contributed by atoms with Gasteiger partial charge in [0.1, 0.15) is 5.82 Å². The lowest BCUT2D eigenvalue weighted by atomic mass is 9.92. The number of rotatable bonds is 6. The molecule has 2 N–H and O–H groups in total. The monoisotopic (exact) mass is 322 g/mol. The van der Waals surface area contributed by atoms with Crippen LogP contribution in [0.2, 0.25) is 0 Å². The molecule has 1 atom stereocenters. The van der Waals surface area contributed by atoms with Crippen molar-refractivity contribution in [3.63, 3.8) is 0 Å². The zero-order valence-corrected chi connectivity index (χ0v) is 13.3. The molecule has 1 fully saturated rings. The molecule has 1 aromatic carbocycles. The molecular formula is C17H23FN2O3. The van der Waals surface area contributed by atoms with E-state index in [2.05, 4.69) is 5.32 Å². The molecule has 126 valence electrons. The second kappa shape index (κ2) is 7.55. The SMILES string of the molecule is CC(=O)N1CCC[C@@]1(CO)CC(=O)NCCc1ccccc1F. The largest absolute Gasteiger partial charge is 0.394 e. The van der Waals surface area contributed by atoms with Crippen LogP contribution < -0.4 is 5.32 Å². The number of likely N-dealkylation sites (tertiary alicyclic amines) is 1. The van der Waals surface area contributed by atoms with E-state index < -0.39 is 5.54 Å². The van der Waals surface area contributed by atoms with Gasteiger partial charge in [-0.15, -0.1) is 0 Å². The predicted octanol–water partition coefficient (Wildman–Crippen LogP) is 1.25. The molecule has 0 radical (unpaired) electrons. The van der Waals surface area contributed by atoms with E-state index >= 15 is 0 Å². The first-order valence-electron chi connectivity index (χ1n) is 7.88. The van der Waals surface area contributed by atoms with Crippen LogP contribution in [0.1, 0.15) is 31.7 Å². The van der Waals surface area contributed by atoms with Crippen LogP contribution in [0, 0.1) is 5.82 Å². The fourth-order valence-electron chi connectivity index (χ4n) is 3.23. The number of carbonyl (C=O) groups excluding carboxylic acids is 2. The molecule has 0 bridgehead atoms. The molecule has 1 aliphatic rings. The van der Waals surface area contributed by atoms with E-state index in [1.54, 1.807) is 23.1 Å². The minimum Gasteiger partial charge on any atom is -0.394 e. The zero-order chi connectivity index (χ0) is 16.9. The van der Waals surface area contributed by atoms with Crippen LogP contribution >= 0.6 is 0 Å². The fourth-order valence-corrected chi connectivity index (χ4v) is 3.23. The zero-order valence-electron chi connectivity index (χ0n) is 13.3. The molecule has 1 heterocycles. The molecule has 2 rings (SSSR count). The molecule has 0 aliphatic carbocycles. The van der Waals surface area contributed by atoms with Gasteiger partial charge in [-0.25, -0.2) is 4.39 Å². The summed E-state index contributed by atoms with van der Waals surface area (Å²) in [5, 5.41) is 12.5. The molecule has 1 aromatic rings. The van der Waals surface area contributed by atoms with Crippen molar-refractivity contribution >= 4 is 11.8 Å². The summed E-state index contributed by atoms with van der Waals surface area (Å²) in [5.41, 5.74) is -0.246. The summed E-state index contributed by atoms with van der Waals surface area (Å²) in [6.45, 7) is 2.11. The van der Waals surface area contributed by atoms with Crippen molar-refractivity contribution in [1.82, 2.24) is 10.2 Å². The number of benzene rings is 1. The van der Waals surface area contributed by atoms with E-state index in [0.717, 1.165) is 6.42 Å². The second-order valence-corrected chi connectivity index (χ2v) is 6.02. The number of halogens is 1. The van der Waals surface area contributed by atoms with Crippen LogP contribution in [0.3, 0.4) is 0 Å². The Bertz CT molecular complexity index is 579. The smallest absolute Gasteiger partial charge is 0.222 e. The topological polar surface area (TPSA) is 69.6 Å². The number of nitrogens with one attached hydrogen (secondary N) is 1. The van der Waals surface area contributed by atoms with Gasteiger partial charge in [-0.3, -0.25) is 9.59 Å². The average molecular weight is 322 g/mol. The van der Waals surface area contributed by atoms with Gasteiger partial charge in [0.25, 0.3) is 0 Å². The van der Waals surface area contributed by atoms with E-state index in [1.165, 1.54) is 13.0 Å². The van der Waals surface area contributed by atoms with E-state index in [9.17, 15) is 19.1 Å². The number of aliphatic hydroxyl groups is 1. The second-order valence-electron chi connectivity index (χ2n) is 6.02. The molecular weight excluding hydrogens is 299 g/mol. The Balaban J connectivity index is 1.88. The third-order valence-corrected chi connectivity index (χ3v) is 4.43. The van der Waals surface area contributed by atoms with E-state index in [0.29, 0.717) is 31.5 Å². The van der Waals surface area contributed by atoms with Gasteiger partial charge >= 0.3 is 0 Å². The Labute approximate surface area is 135 Å². The quantitative estimate of drug-likeness (QED) is 0.828. The van der Waals surface area contributed by atoms with Gasteiger partial charge in [0.2, 0.25) is 11.8 Å². The van der Waals surface area contributed by atoms with Gasteiger partial charge in [-0.05, 0) is 30.9 Å². The van der Waals surface area contributed by atoms with Crippen LogP contribution in [0.25, 0.3) is 0 Å². The molecule has 0 saturated carbocycles. The summed E-state index contributed by atoms with van der Waals surface area (Å²) in [5.74, 6) is -0.647. The highest BCUT2D eigenvalue weighted by Crippen LogP contribution is 2.32. The van der Waals surface area contributed by atoms with Gasteiger partial charge in [0.15, 0.2) is 0 Å². The number of carbonyl (C=O) groups is 2. The lowest BCUT2D eigenvalue weighted by molar-refractivity contribution is -0.137. The summed E-state index contributed by atoms with van der Waals surface area (Å²) >= 11 is 0. The third kappa shape index (κ3) is 4.07. The molecule has 0 spiro atoms. The van der Waals surface area contributed by atoms with Crippen LogP contribution in [0.5, 0.6) is 0 Å². The molecule has 23 heavy (non-hydrogen) atoms. The van der Waals surface area contributed by atoms with Crippen molar-refractivity contribution in [1.29, 1.82) is 0 Å². The number of hydrogen-bond acceptors (Lipinski definition) is 3. The first kappa shape index (κ1) is 17.4. The standard InChI is InChI=1S/C17H23FN2O3/c1-13(22)20-10-4-8-17(20,12-21)11-16(23)19-9-7-14-5-2-3-6-15(14)18/h2-3,5-6,21H,4,7-12H2,1H3,(H,19,23)/t17-/m0/s1. The van der Waals surface area contributed by atoms with Crippen LogP contribution in [-0.2, 0) is 16.0 Å². The minimum absolute atomic E-state index is 0.0698. The van der Waals surface area contributed by atoms with Gasteiger partial charge in [0, 0.05) is 20.0 Å². The normalized spacial score (nSPS) is 20.6. The summed E-state index contributed by atoms with van der Waals surface area (Å²) in [4.78, 5) is 25.4. The Morgan fingerprint density at radius 1 is 1.39 bits per heavy atom. The number of aliphatic hydroxyl groups excluding tert-OH is 1. The predicted molar refractivity (Wildman–Crippen MR) is 84.2 cm³/mol. The van der Waals surface area contributed by atoms with E-state index in [4.69, 9.17) is 0 Å². The fraction of sp³-hybridized carbons (Fsp3) is 0.529. The van der Waals surface area contributed by atoms with Crippen molar-refractivity contribution < 1.29 is 19.1 Å². The van der Waals surface area contributed by atoms with Crippen LogP contribution in [-0.4, -0.2) is 47.1 Å². The van der Waals surface area contributed by atoms with Gasteiger partial charge < -0.3 is 15.3 Å². The molecule has 0 aromatic heterocycles. The molecule has 2 amide bonds. The van der Waals surface area contributed by atoms with E-state index in [1.807, 2.05) is 0 Å². The highest BCUT2D eigenvalue weighted by molar-refractivity contribution is 5.80. The summed E-state index contributed by atoms with van der Waals surface area (Å²) in [7, 11) is 0. The molecule has 6 heteroatoms. The third-order valence-electron chi connectivity index (χ3n) is 4.43. The Morgan fingerprint density at radius 3 is 2.78 bits per heavy atom. The summed E-state index contributed by atoms with van der Waals surface area (Å²) in [6, 6.07) is 6.45. The maximum atomic E-state index is 13.5. The van der Waals surface area contributed by atoms with Gasteiger partial charge in [-0.2, -0.15) is 0 Å². The maximum Gasteiger partial charge on any atom is 0.222 e. The van der Waals surface area contributed by atoms with Crippen molar-refractivity contribution in [2.45, 2.75) is 38.1 Å². The molecule has 0 unspecified atom stereocenters. The number of nitrogens with zero attached hydrogens (tertiary/aromatic N) is 1. The summed E-state index contributed by atoms with van der Waals surface area (Å²) < 4.78 is 13.5. The number of hydrogen-bond donors (Lipinski definition) is 2. The van der Waals surface area contributed by atoms with Crippen LogP contribution in [0.4, 0.5) is 4.39 Å². The highest BCUT2D eigenvalue weighted by atomic mass is 19.1. The lowest BCUT2D eigenvalue weighted by Crippen LogP contribution is -2.52. The first-order chi connectivity index (χ1) is 11.0. The maximum absolute atomic E-state index is 13.5. The highest BCUT2D eigenvalue weighted by Gasteiger charge is 2.43. The molecule has 1 saturated heterocycles. The minimum atomic E-state index is -0.798. The Morgan fingerprint density at radius 2 is 2.13 bits per heavy atom. The summed E-state index contributed by atoms with van der Waals surface area (Å²) in [6.07, 6.45) is 1.87. The number of amides is 2. The van der Waals surface area contributed by atoms with Gasteiger partial charge in [0.05, 0.1) is 18.6 Å². The Kier molecular flexibility index (Phi) is 5.71. The van der Waals surface area contributed by atoms with Crippen molar-refractivity contribution in [2.24, 2.45) is 0 Å². The van der Waals surface area contributed by atoms with Crippen molar-refractivity contribution in [2.75, 3.05) is 19.7 Å². The molecule has 1 aliphatic heterocycles. The average Bonchev–Trinajstić information content (AvgIpc) is 2.93. The lowest BCUT2D eigenvalue weighted by Gasteiger charge is -2.36. The van der Waals surface area contributed by atoms with Gasteiger partial charge in [-0.1, -0.05) is 18.2 Å². The van der Waals surface area contributed by atoms with E-state index in [-0.39, 0.29) is 30.7 Å². The first-order valence-corrected chi connectivity index (χ1v) is 7.88. The molecule has 5 nitrogen and oxygen atoms in total. The van der Waals surface area contributed by atoms with Crippen LogP contribution in [0.15, 0.2) is 24.3 Å². The Hall–Kier alpha value is -1.95. The van der Waals surface area contributed by atoms with Crippen molar-refractivity contribution in [3.8, 4) is 0 Å².